The van der Waals surface area contributed by atoms with E-state index in [1.54, 1.807) is 0 Å². The minimum Gasteiger partial charge on any atom is -0.312 e. The quantitative estimate of drug-likeness (QED) is 0.733. The Bertz CT molecular complexity index is 390. The summed E-state index contributed by atoms with van der Waals surface area (Å²) in [7, 11) is 0. The fraction of sp³-hybridized carbons (Fsp3) is 0.562. The van der Waals surface area contributed by atoms with Crippen molar-refractivity contribution in [2.75, 3.05) is 6.54 Å². The smallest absolute Gasteiger partial charge is 0.229 e. The van der Waals surface area contributed by atoms with Gasteiger partial charge in [-0.05, 0) is 44.3 Å². The second kappa shape index (κ2) is 6.58. The molecule has 2 heteroatoms. The molecule has 1 atom stereocenters. The van der Waals surface area contributed by atoms with Gasteiger partial charge in [0.05, 0.1) is 0 Å². The molecule has 0 aromatic rings. The average molecular weight is 247 g/mol. The third-order valence-corrected chi connectivity index (χ3v) is 3.70. The van der Waals surface area contributed by atoms with E-state index in [-0.39, 0.29) is 11.8 Å². The number of allylic oxidation sites excluding steroid dienone is 4. The van der Waals surface area contributed by atoms with Gasteiger partial charge in [-0.1, -0.05) is 32.6 Å². The average Bonchev–Trinajstić information content (AvgIpc) is 2.50. The van der Waals surface area contributed by atoms with Gasteiger partial charge >= 0.3 is 0 Å². The van der Waals surface area contributed by atoms with Gasteiger partial charge in [-0.25, -0.2) is 0 Å². The monoisotopic (exact) mass is 247 g/mol. The summed E-state index contributed by atoms with van der Waals surface area (Å²) in [5.41, 5.74) is 3.56. The summed E-state index contributed by atoms with van der Waals surface area (Å²) in [6, 6.07) is 0. The Morgan fingerprint density at radius 2 is 2.17 bits per heavy atom. The molecule has 1 amide bonds. The van der Waals surface area contributed by atoms with Crippen LogP contribution in [-0.4, -0.2) is 17.4 Å². The minimum absolute atomic E-state index is 0.104. The normalized spacial score (nSPS) is 22.2. The second-order valence-electron chi connectivity index (χ2n) is 4.77. The van der Waals surface area contributed by atoms with Crippen LogP contribution in [0.25, 0.3) is 0 Å². The Balaban J connectivity index is 3.35. The molecule has 1 heterocycles. The molecule has 1 rings (SSSR count). The number of hydrogen-bond donors (Lipinski definition) is 0. The number of amides is 1. The summed E-state index contributed by atoms with van der Waals surface area (Å²) in [6.45, 7) is 12.9. The molecule has 0 N–H and O–H groups in total. The van der Waals surface area contributed by atoms with E-state index in [4.69, 9.17) is 0 Å². The predicted molar refractivity (Wildman–Crippen MR) is 77.1 cm³/mol. The Kier molecular flexibility index (Phi) is 5.39. The van der Waals surface area contributed by atoms with E-state index in [2.05, 4.69) is 19.6 Å². The molecule has 0 saturated carbocycles. The summed E-state index contributed by atoms with van der Waals surface area (Å²) in [4.78, 5) is 14.4. The SMILES string of the molecule is C=CC1=C(/C(=C\C)CC)N(CC)C(=O)C(C)CC1. The maximum absolute atomic E-state index is 12.4. The minimum atomic E-state index is 0.104. The number of carbonyl (C=O) groups excluding carboxylic acids is 1. The van der Waals surface area contributed by atoms with Crippen LogP contribution in [0.4, 0.5) is 0 Å². The lowest BCUT2D eigenvalue weighted by Crippen LogP contribution is -2.34. The lowest BCUT2D eigenvalue weighted by molar-refractivity contribution is -0.132. The van der Waals surface area contributed by atoms with Crippen molar-refractivity contribution in [2.24, 2.45) is 5.92 Å². The summed E-state index contributed by atoms with van der Waals surface area (Å²) < 4.78 is 0. The molecule has 1 aliphatic heterocycles. The van der Waals surface area contributed by atoms with Crippen LogP contribution >= 0.6 is 0 Å². The third-order valence-electron chi connectivity index (χ3n) is 3.70. The molecule has 18 heavy (non-hydrogen) atoms. The van der Waals surface area contributed by atoms with Gasteiger partial charge in [0.2, 0.25) is 5.91 Å². The molecule has 0 aliphatic carbocycles. The van der Waals surface area contributed by atoms with Crippen molar-refractivity contribution in [2.45, 2.75) is 47.0 Å². The molecule has 0 aromatic carbocycles. The van der Waals surface area contributed by atoms with Crippen molar-refractivity contribution in [3.05, 3.63) is 35.6 Å². The van der Waals surface area contributed by atoms with E-state index in [1.165, 1.54) is 11.1 Å². The van der Waals surface area contributed by atoms with Crippen LogP contribution in [0.1, 0.15) is 47.0 Å². The van der Waals surface area contributed by atoms with Crippen molar-refractivity contribution < 1.29 is 4.79 Å². The first-order valence-electron chi connectivity index (χ1n) is 6.93. The molecule has 0 fully saturated rings. The van der Waals surface area contributed by atoms with Crippen LogP contribution < -0.4 is 0 Å². The lowest BCUT2D eigenvalue weighted by Gasteiger charge is -2.27. The Labute approximate surface area is 111 Å². The van der Waals surface area contributed by atoms with Crippen molar-refractivity contribution in [3.63, 3.8) is 0 Å². The highest BCUT2D eigenvalue weighted by atomic mass is 16.2. The van der Waals surface area contributed by atoms with Crippen LogP contribution in [0.3, 0.4) is 0 Å². The van der Waals surface area contributed by atoms with E-state index >= 15 is 0 Å². The highest BCUT2D eigenvalue weighted by Gasteiger charge is 2.28. The summed E-state index contributed by atoms with van der Waals surface area (Å²) in [5.74, 6) is 0.351. The highest BCUT2D eigenvalue weighted by Crippen LogP contribution is 2.31. The topological polar surface area (TPSA) is 20.3 Å². The Hall–Kier alpha value is -1.31. The van der Waals surface area contributed by atoms with Gasteiger partial charge < -0.3 is 4.90 Å². The predicted octanol–water partition coefficient (Wildman–Crippen LogP) is 4.06. The summed E-state index contributed by atoms with van der Waals surface area (Å²) in [6.07, 6.45) is 6.84. The highest BCUT2D eigenvalue weighted by molar-refractivity contribution is 5.82. The van der Waals surface area contributed by atoms with Crippen LogP contribution in [0.2, 0.25) is 0 Å². The molecular weight excluding hydrogens is 222 g/mol. The largest absolute Gasteiger partial charge is 0.312 e. The van der Waals surface area contributed by atoms with Gasteiger partial charge in [0.1, 0.15) is 0 Å². The summed E-state index contributed by atoms with van der Waals surface area (Å²) >= 11 is 0. The van der Waals surface area contributed by atoms with Crippen molar-refractivity contribution >= 4 is 5.91 Å². The summed E-state index contributed by atoms with van der Waals surface area (Å²) in [5, 5.41) is 0. The Morgan fingerprint density at radius 3 is 2.61 bits per heavy atom. The molecule has 1 aliphatic rings. The van der Waals surface area contributed by atoms with E-state index < -0.39 is 0 Å². The molecule has 0 bridgehead atoms. The zero-order valence-electron chi connectivity index (χ0n) is 12.1. The maximum Gasteiger partial charge on any atom is 0.229 e. The van der Waals surface area contributed by atoms with Gasteiger partial charge in [-0.2, -0.15) is 0 Å². The van der Waals surface area contributed by atoms with Crippen LogP contribution in [0, 0.1) is 5.92 Å². The first kappa shape index (κ1) is 14.7. The third kappa shape index (κ3) is 2.74. The molecule has 0 spiro atoms. The van der Waals surface area contributed by atoms with Gasteiger partial charge in [0.15, 0.2) is 0 Å². The fourth-order valence-corrected chi connectivity index (χ4v) is 2.56. The maximum atomic E-state index is 12.4. The van der Waals surface area contributed by atoms with Crippen LogP contribution in [0.5, 0.6) is 0 Å². The van der Waals surface area contributed by atoms with Crippen LogP contribution in [-0.2, 0) is 4.79 Å². The number of nitrogens with zero attached hydrogens (tertiary/aromatic N) is 1. The van der Waals surface area contributed by atoms with E-state index in [0.29, 0.717) is 0 Å². The Morgan fingerprint density at radius 1 is 1.50 bits per heavy atom. The van der Waals surface area contributed by atoms with E-state index in [9.17, 15) is 4.79 Å². The molecule has 100 valence electrons. The van der Waals surface area contributed by atoms with Gasteiger partial charge in [-0.15, -0.1) is 0 Å². The number of likely N-dealkylation sites (N-methyl/N-ethyl adjacent to an activating group) is 1. The number of hydrogen-bond acceptors (Lipinski definition) is 1. The van der Waals surface area contributed by atoms with Crippen LogP contribution in [0.15, 0.2) is 35.6 Å². The van der Waals surface area contributed by atoms with Crippen molar-refractivity contribution in [3.8, 4) is 0 Å². The zero-order valence-corrected chi connectivity index (χ0v) is 12.1. The first-order valence-corrected chi connectivity index (χ1v) is 6.93. The van der Waals surface area contributed by atoms with Gasteiger partial charge in [0, 0.05) is 18.2 Å². The number of rotatable bonds is 4. The molecule has 0 aromatic heterocycles. The van der Waals surface area contributed by atoms with E-state index in [0.717, 1.165) is 31.5 Å². The molecule has 0 radical (unpaired) electrons. The zero-order chi connectivity index (χ0) is 13.7. The molecule has 2 nitrogen and oxygen atoms in total. The second-order valence-corrected chi connectivity index (χ2v) is 4.77. The number of carbonyl (C=O) groups is 1. The molecule has 0 saturated heterocycles. The fourth-order valence-electron chi connectivity index (χ4n) is 2.56. The van der Waals surface area contributed by atoms with E-state index in [1.807, 2.05) is 31.7 Å². The van der Waals surface area contributed by atoms with Crippen molar-refractivity contribution in [1.29, 1.82) is 0 Å². The van der Waals surface area contributed by atoms with Crippen molar-refractivity contribution in [1.82, 2.24) is 4.90 Å². The van der Waals surface area contributed by atoms with Gasteiger partial charge in [0.25, 0.3) is 0 Å². The standard InChI is InChI=1S/C16H25NO/c1-6-13(7-2)15-14(8-3)11-10-12(5)16(18)17(15)9-4/h6,8,12H,3,7,9-11H2,1-2,4-5H3/b13-6-. The molecular formula is C16H25NO. The molecule has 1 unspecified atom stereocenters. The lowest BCUT2D eigenvalue weighted by atomic mass is 9.99. The van der Waals surface area contributed by atoms with Gasteiger partial charge in [-0.3, -0.25) is 4.79 Å². The first-order chi connectivity index (χ1) is 8.60.